The Kier molecular flexibility index (Phi) is 3.56. The molecule has 0 amide bonds. The second-order valence-corrected chi connectivity index (χ2v) is 9.51. The molecular weight excluding hydrogens is 268 g/mol. The minimum absolute atomic E-state index is 0.762. The summed E-state index contributed by atoms with van der Waals surface area (Å²) in [6, 6.07) is 0. The molecule has 3 saturated carbocycles. The zero-order valence-corrected chi connectivity index (χ0v) is 14.3. The van der Waals surface area contributed by atoms with Crippen molar-refractivity contribution >= 4 is 0 Å². The molecule has 2 aliphatic heterocycles. The van der Waals surface area contributed by atoms with Gasteiger partial charge in [-0.05, 0) is 67.6 Å². The van der Waals surface area contributed by atoms with Crippen molar-refractivity contribution in [1.82, 2.24) is 9.80 Å². The number of nitrogens with zero attached hydrogens (tertiary/aromatic N) is 2. The van der Waals surface area contributed by atoms with Crippen LogP contribution >= 0.6 is 0 Å². The van der Waals surface area contributed by atoms with Gasteiger partial charge in [0.1, 0.15) is 0 Å². The van der Waals surface area contributed by atoms with E-state index in [1.165, 1.54) is 84.2 Å². The van der Waals surface area contributed by atoms with Crippen LogP contribution in [0.3, 0.4) is 0 Å². The van der Waals surface area contributed by atoms with Crippen LogP contribution in [0.2, 0.25) is 0 Å². The summed E-state index contributed by atoms with van der Waals surface area (Å²) in [5, 5.41) is 0. The van der Waals surface area contributed by atoms with Crippen molar-refractivity contribution in [2.24, 2.45) is 29.1 Å². The summed E-state index contributed by atoms with van der Waals surface area (Å²) >= 11 is 0. The summed E-state index contributed by atoms with van der Waals surface area (Å²) < 4.78 is 0. The fourth-order valence-corrected chi connectivity index (χ4v) is 6.23. The lowest BCUT2D eigenvalue weighted by atomic mass is 9.55. The minimum Gasteiger partial charge on any atom is -0.302 e. The van der Waals surface area contributed by atoms with Crippen LogP contribution in [-0.2, 0) is 0 Å². The first-order valence-electron chi connectivity index (χ1n) is 10.3. The van der Waals surface area contributed by atoms with Crippen LogP contribution in [0, 0.1) is 29.1 Å². The van der Waals surface area contributed by atoms with Gasteiger partial charge in [0.05, 0.1) is 0 Å². The molecule has 2 nitrogen and oxygen atoms in total. The van der Waals surface area contributed by atoms with Gasteiger partial charge in [-0.3, -0.25) is 0 Å². The lowest BCUT2D eigenvalue weighted by Gasteiger charge is -2.60. The average molecular weight is 303 g/mol. The topological polar surface area (TPSA) is 6.48 Å². The summed E-state index contributed by atoms with van der Waals surface area (Å²) in [5.41, 5.74) is 0.762. The Morgan fingerprint density at radius 3 is 1.50 bits per heavy atom. The normalized spacial score (nSPS) is 39.3. The Hall–Kier alpha value is -0.0800. The van der Waals surface area contributed by atoms with E-state index in [1.807, 2.05) is 0 Å². The van der Waals surface area contributed by atoms with E-state index in [0.29, 0.717) is 0 Å². The van der Waals surface area contributed by atoms with Gasteiger partial charge in [0.15, 0.2) is 0 Å². The molecule has 2 bridgehead atoms. The lowest BCUT2D eigenvalue weighted by Crippen LogP contribution is -2.64. The quantitative estimate of drug-likeness (QED) is 0.782. The monoisotopic (exact) mass is 302 g/mol. The second-order valence-electron chi connectivity index (χ2n) is 9.51. The average Bonchev–Trinajstić information content (AvgIpc) is 3.39. The Balaban J connectivity index is 1.33. The molecule has 5 aliphatic rings. The van der Waals surface area contributed by atoms with Gasteiger partial charge in [-0.2, -0.15) is 0 Å². The standard InChI is InChI=1S/C20H34N2/c1-2-8-20(9-3-1)18-12-21(10-16-4-5-16)13-19(20)15-22(14-18)11-17-6-7-17/h16-19H,1-15H2. The molecule has 1 spiro atoms. The van der Waals surface area contributed by atoms with Crippen molar-refractivity contribution in [2.75, 3.05) is 39.3 Å². The van der Waals surface area contributed by atoms with Crippen molar-refractivity contribution in [3.63, 3.8) is 0 Å². The SMILES string of the molecule is C1CCC2(CC1)C1CN(CC3CC3)CC2CN(CC2CC2)C1. The van der Waals surface area contributed by atoms with Crippen LogP contribution in [0.25, 0.3) is 0 Å². The van der Waals surface area contributed by atoms with E-state index < -0.39 is 0 Å². The molecule has 5 rings (SSSR count). The van der Waals surface area contributed by atoms with Gasteiger partial charge in [0.2, 0.25) is 0 Å². The minimum atomic E-state index is 0.762. The molecule has 2 heterocycles. The summed E-state index contributed by atoms with van der Waals surface area (Å²) in [6.07, 6.45) is 13.8. The predicted molar refractivity (Wildman–Crippen MR) is 90.8 cm³/mol. The van der Waals surface area contributed by atoms with E-state index in [-0.39, 0.29) is 0 Å². The smallest absolute Gasteiger partial charge is 0.00276 e. The van der Waals surface area contributed by atoms with E-state index in [1.54, 1.807) is 12.8 Å². The van der Waals surface area contributed by atoms with Gasteiger partial charge in [0, 0.05) is 39.3 Å². The molecule has 22 heavy (non-hydrogen) atoms. The third-order valence-electron chi connectivity index (χ3n) is 7.75. The Bertz CT molecular complexity index is 362. The van der Waals surface area contributed by atoms with Crippen molar-refractivity contribution in [2.45, 2.75) is 57.8 Å². The zero-order valence-electron chi connectivity index (χ0n) is 14.3. The number of piperidine rings is 2. The third kappa shape index (κ3) is 2.65. The highest BCUT2D eigenvalue weighted by Crippen LogP contribution is 2.54. The molecule has 2 heteroatoms. The zero-order chi connectivity index (χ0) is 14.6. The molecule has 5 fully saturated rings. The van der Waals surface area contributed by atoms with Crippen LogP contribution in [0.1, 0.15) is 57.8 Å². The summed E-state index contributed by atoms with van der Waals surface area (Å²) in [4.78, 5) is 5.78. The summed E-state index contributed by atoms with van der Waals surface area (Å²) in [6.45, 7) is 8.63. The molecular formula is C20H34N2. The number of rotatable bonds is 4. The molecule has 0 N–H and O–H groups in total. The molecule has 0 aromatic rings. The Morgan fingerprint density at radius 2 is 1.09 bits per heavy atom. The molecule has 0 aromatic carbocycles. The molecule has 2 saturated heterocycles. The second kappa shape index (κ2) is 5.48. The summed E-state index contributed by atoms with van der Waals surface area (Å²) in [7, 11) is 0. The van der Waals surface area contributed by atoms with Crippen LogP contribution < -0.4 is 0 Å². The first kappa shape index (κ1) is 14.3. The van der Waals surface area contributed by atoms with Crippen LogP contribution in [0.4, 0.5) is 0 Å². The van der Waals surface area contributed by atoms with Gasteiger partial charge in [-0.15, -0.1) is 0 Å². The van der Waals surface area contributed by atoms with Crippen molar-refractivity contribution < 1.29 is 0 Å². The van der Waals surface area contributed by atoms with Crippen LogP contribution in [0.15, 0.2) is 0 Å². The van der Waals surface area contributed by atoms with Gasteiger partial charge >= 0.3 is 0 Å². The third-order valence-corrected chi connectivity index (χ3v) is 7.75. The molecule has 0 unspecified atom stereocenters. The molecule has 3 aliphatic carbocycles. The lowest BCUT2D eigenvalue weighted by molar-refractivity contribution is -0.112. The van der Waals surface area contributed by atoms with Crippen LogP contribution in [-0.4, -0.2) is 49.1 Å². The van der Waals surface area contributed by atoms with Gasteiger partial charge in [-0.1, -0.05) is 19.3 Å². The molecule has 0 atom stereocenters. The van der Waals surface area contributed by atoms with E-state index in [0.717, 1.165) is 29.1 Å². The van der Waals surface area contributed by atoms with Crippen molar-refractivity contribution in [3.8, 4) is 0 Å². The first-order valence-corrected chi connectivity index (χ1v) is 10.3. The van der Waals surface area contributed by atoms with Crippen LogP contribution in [0.5, 0.6) is 0 Å². The number of hydrogen-bond donors (Lipinski definition) is 0. The fraction of sp³-hybridized carbons (Fsp3) is 1.00. The maximum Gasteiger partial charge on any atom is 0.00276 e. The maximum absolute atomic E-state index is 2.89. The maximum atomic E-state index is 2.89. The van der Waals surface area contributed by atoms with Gasteiger partial charge < -0.3 is 9.80 Å². The van der Waals surface area contributed by atoms with E-state index in [2.05, 4.69) is 9.80 Å². The molecule has 0 radical (unpaired) electrons. The van der Waals surface area contributed by atoms with E-state index in [4.69, 9.17) is 0 Å². The van der Waals surface area contributed by atoms with E-state index in [9.17, 15) is 0 Å². The fourth-order valence-electron chi connectivity index (χ4n) is 6.23. The Morgan fingerprint density at radius 1 is 0.636 bits per heavy atom. The van der Waals surface area contributed by atoms with Crippen molar-refractivity contribution in [3.05, 3.63) is 0 Å². The highest BCUT2D eigenvalue weighted by Gasteiger charge is 2.53. The molecule has 124 valence electrons. The van der Waals surface area contributed by atoms with E-state index >= 15 is 0 Å². The van der Waals surface area contributed by atoms with Gasteiger partial charge in [-0.25, -0.2) is 0 Å². The molecule has 0 aromatic heterocycles. The first-order chi connectivity index (χ1) is 10.8. The highest BCUT2D eigenvalue weighted by molar-refractivity contribution is 5.05. The largest absolute Gasteiger partial charge is 0.302 e. The predicted octanol–water partition coefficient (Wildman–Crippen LogP) is 3.62. The highest BCUT2D eigenvalue weighted by atomic mass is 15.2. The van der Waals surface area contributed by atoms with Gasteiger partial charge in [0.25, 0.3) is 0 Å². The van der Waals surface area contributed by atoms with Crippen molar-refractivity contribution in [1.29, 1.82) is 0 Å². The Labute approximate surface area is 136 Å². The number of likely N-dealkylation sites (tertiary alicyclic amines) is 2. The summed E-state index contributed by atoms with van der Waals surface area (Å²) in [5.74, 6) is 4.14. The number of hydrogen-bond acceptors (Lipinski definition) is 2.